The van der Waals surface area contributed by atoms with Crippen molar-refractivity contribution in [3.63, 3.8) is 0 Å². The lowest BCUT2D eigenvalue weighted by molar-refractivity contribution is 0.103. The number of ketones is 1. The maximum Gasteiger partial charge on any atom is 0.214 e. The molecule has 1 aromatic heterocycles. The zero-order valence-electron chi connectivity index (χ0n) is 13.5. The molecule has 1 heterocycles. The number of aromatic nitrogens is 2. The molecule has 0 aliphatic rings. The molecular formula is C21H16N2O2. The van der Waals surface area contributed by atoms with Gasteiger partial charge in [0.05, 0.1) is 12.1 Å². The Morgan fingerprint density at radius 1 is 0.920 bits per heavy atom. The Balaban J connectivity index is 1.81. The van der Waals surface area contributed by atoms with Gasteiger partial charge in [0.1, 0.15) is 11.4 Å². The first-order chi connectivity index (χ1) is 12.2. The molecule has 25 heavy (non-hydrogen) atoms. The van der Waals surface area contributed by atoms with Crippen molar-refractivity contribution < 1.29 is 9.90 Å². The van der Waals surface area contributed by atoms with Crippen molar-refractivity contribution in [1.29, 1.82) is 0 Å². The Labute approximate surface area is 145 Å². The summed E-state index contributed by atoms with van der Waals surface area (Å²) in [5.41, 5.74) is 2.86. The fourth-order valence-electron chi connectivity index (χ4n) is 2.96. The third kappa shape index (κ3) is 2.90. The van der Waals surface area contributed by atoms with Crippen LogP contribution >= 0.6 is 0 Å². The summed E-state index contributed by atoms with van der Waals surface area (Å²) in [4.78, 5) is 12.9. The van der Waals surface area contributed by atoms with Crippen LogP contribution in [0.3, 0.4) is 0 Å². The van der Waals surface area contributed by atoms with Crippen LogP contribution in [-0.4, -0.2) is 20.7 Å². The summed E-state index contributed by atoms with van der Waals surface area (Å²) in [6.45, 7) is 0.592. The van der Waals surface area contributed by atoms with Crippen LogP contribution in [0.5, 0.6) is 5.75 Å². The molecule has 0 amide bonds. The van der Waals surface area contributed by atoms with Crippen molar-refractivity contribution in [2.45, 2.75) is 6.54 Å². The zero-order valence-corrected chi connectivity index (χ0v) is 13.5. The first-order valence-corrected chi connectivity index (χ1v) is 8.05. The van der Waals surface area contributed by atoms with Gasteiger partial charge in [-0.15, -0.1) is 0 Å². The number of phenolic OH excluding ortho intramolecular Hbond substituents is 1. The van der Waals surface area contributed by atoms with Crippen molar-refractivity contribution in [2.24, 2.45) is 0 Å². The Morgan fingerprint density at radius 2 is 1.68 bits per heavy atom. The molecule has 0 spiro atoms. The number of aromatic hydroxyl groups is 1. The van der Waals surface area contributed by atoms with Crippen molar-refractivity contribution in [1.82, 2.24) is 9.78 Å². The van der Waals surface area contributed by atoms with E-state index in [9.17, 15) is 9.90 Å². The average Bonchev–Trinajstić information content (AvgIpc) is 3.01. The number of fused-ring (bicyclic) bond motifs is 1. The molecule has 0 unspecified atom stereocenters. The molecule has 4 rings (SSSR count). The fraction of sp³-hybridized carbons (Fsp3) is 0.0476. The van der Waals surface area contributed by atoms with Crippen LogP contribution in [0.4, 0.5) is 0 Å². The first kappa shape index (κ1) is 15.1. The van der Waals surface area contributed by atoms with Crippen molar-refractivity contribution in [3.8, 4) is 5.75 Å². The normalized spacial score (nSPS) is 10.9. The smallest absolute Gasteiger partial charge is 0.214 e. The molecule has 0 aliphatic heterocycles. The summed E-state index contributed by atoms with van der Waals surface area (Å²) >= 11 is 0. The SMILES string of the molecule is O=C(c1cccc(O)c1)c1nn(Cc2ccccc2)c2ccccc12. The summed E-state index contributed by atoms with van der Waals surface area (Å²) < 4.78 is 1.85. The van der Waals surface area contributed by atoms with Gasteiger partial charge in [0.2, 0.25) is 5.78 Å². The van der Waals surface area contributed by atoms with E-state index >= 15 is 0 Å². The molecule has 0 saturated heterocycles. The Kier molecular flexibility index (Phi) is 3.78. The minimum atomic E-state index is -0.195. The monoisotopic (exact) mass is 328 g/mol. The second kappa shape index (κ2) is 6.24. The van der Waals surface area contributed by atoms with Crippen molar-refractivity contribution >= 4 is 16.7 Å². The third-order valence-corrected chi connectivity index (χ3v) is 4.16. The maximum atomic E-state index is 12.9. The molecule has 0 saturated carbocycles. The highest BCUT2D eigenvalue weighted by molar-refractivity contribution is 6.15. The topological polar surface area (TPSA) is 55.1 Å². The molecule has 4 nitrogen and oxygen atoms in total. The van der Waals surface area contributed by atoms with Crippen LogP contribution in [0.25, 0.3) is 10.9 Å². The Morgan fingerprint density at radius 3 is 2.48 bits per heavy atom. The zero-order chi connectivity index (χ0) is 17.2. The average molecular weight is 328 g/mol. The van der Waals surface area contributed by atoms with E-state index in [0.717, 1.165) is 16.5 Å². The summed E-state index contributed by atoms with van der Waals surface area (Å²) in [5.74, 6) is -0.127. The lowest BCUT2D eigenvalue weighted by atomic mass is 10.1. The van der Waals surface area contributed by atoms with E-state index in [1.807, 2.05) is 59.3 Å². The maximum absolute atomic E-state index is 12.9. The highest BCUT2D eigenvalue weighted by Crippen LogP contribution is 2.23. The Bertz CT molecular complexity index is 1050. The van der Waals surface area contributed by atoms with Gasteiger partial charge < -0.3 is 5.11 Å². The van der Waals surface area contributed by atoms with E-state index in [-0.39, 0.29) is 11.5 Å². The number of phenols is 1. The van der Waals surface area contributed by atoms with E-state index in [2.05, 4.69) is 5.10 Å². The molecule has 1 N–H and O–H groups in total. The minimum Gasteiger partial charge on any atom is -0.508 e. The lowest BCUT2D eigenvalue weighted by Gasteiger charge is -2.03. The van der Waals surface area contributed by atoms with Crippen LogP contribution in [0.2, 0.25) is 0 Å². The molecule has 122 valence electrons. The van der Waals surface area contributed by atoms with E-state index in [0.29, 0.717) is 17.8 Å². The number of rotatable bonds is 4. The molecule has 4 heteroatoms. The number of para-hydroxylation sites is 1. The number of carbonyl (C=O) groups excluding carboxylic acids is 1. The molecule has 3 aromatic carbocycles. The second-order valence-electron chi connectivity index (χ2n) is 5.89. The number of carbonyl (C=O) groups is 1. The van der Waals surface area contributed by atoms with Gasteiger partial charge in [-0.2, -0.15) is 5.10 Å². The summed E-state index contributed by atoms with van der Waals surface area (Å²) in [6.07, 6.45) is 0. The van der Waals surface area contributed by atoms with Gasteiger partial charge >= 0.3 is 0 Å². The number of benzene rings is 3. The highest BCUT2D eigenvalue weighted by atomic mass is 16.3. The molecule has 0 bridgehead atoms. The van der Waals surface area contributed by atoms with Gasteiger partial charge in [0, 0.05) is 10.9 Å². The van der Waals surface area contributed by atoms with Gasteiger partial charge in [-0.25, -0.2) is 0 Å². The highest BCUT2D eigenvalue weighted by Gasteiger charge is 2.19. The predicted molar refractivity (Wildman–Crippen MR) is 96.8 cm³/mol. The van der Waals surface area contributed by atoms with Crippen LogP contribution in [0, 0.1) is 0 Å². The Hall–Kier alpha value is -3.40. The van der Waals surface area contributed by atoms with E-state index in [4.69, 9.17) is 0 Å². The van der Waals surface area contributed by atoms with E-state index in [1.54, 1.807) is 18.2 Å². The van der Waals surface area contributed by atoms with Gasteiger partial charge in [0.15, 0.2) is 0 Å². The molecule has 0 radical (unpaired) electrons. The summed E-state index contributed by atoms with van der Waals surface area (Å²) in [7, 11) is 0. The summed E-state index contributed by atoms with van der Waals surface area (Å²) in [5, 5.41) is 15.0. The summed E-state index contributed by atoms with van der Waals surface area (Å²) in [6, 6.07) is 24.1. The van der Waals surface area contributed by atoms with Crippen LogP contribution in [-0.2, 0) is 6.54 Å². The lowest BCUT2D eigenvalue weighted by Crippen LogP contribution is -2.06. The molecular weight excluding hydrogens is 312 g/mol. The van der Waals surface area contributed by atoms with Crippen molar-refractivity contribution in [2.75, 3.05) is 0 Å². The fourth-order valence-corrected chi connectivity index (χ4v) is 2.96. The van der Waals surface area contributed by atoms with Gasteiger partial charge in [-0.1, -0.05) is 60.7 Å². The van der Waals surface area contributed by atoms with E-state index in [1.165, 1.54) is 6.07 Å². The minimum absolute atomic E-state index is 0.0684. The van der Waals surface area contributed by atoms with Crippen molar-refractivity contribution in [3.05, 3.63) is 95.7 Å². The predicted octanol–water partition coefficient (Wildman–Crippen LogP) is 4.02. The van der Waals surface area contributed by atoms with Gasteiger partial charge in [-0.05, 0) is 23.8 Å². The van der Waals surface area contributed by atoms with Gasteiger partial charge in [-0.3, -0.25) is 9.48 Å². The largest absolute Gasteiger partial charge is 0.508 e. The number of hydrogen-bond donors (Lipinski definition) is 1. The molecule has 0 atom stereocenters. The third-order valence-electron chi connectivity index (χ3n) is 4.16. The molecule has 4 aromatic rings. The molecule has 0 aliphatic carbocycles. The standard InChI is InChI=1S/C21H16N2O2/c24-17-10-6-9-16(13-17)21(25)20-18-11-4-5-12-19(18)23(22-20)14-15-7-2-1-3-8-15/h1-13,24H,14H2. The second-order valence-corrected chi connectivity index (χ2v) is 5.89. The van der Waals surface area contributed by atoms with E-state index < -0.39 is 0 Å². The quantitative estimate of drug-likeness (QED) is 0.576. The van der Waals surface area contributed by atoms with Crippen LogP contribution in [0.1, 0.15) is 21.6 Å². The number of nitrogens with zero attached hydrogens (tertiary/aromatic N) is 2. The number of hydrogen-bond acceptors (Lipinski definition) is 3. The van der Waals surface area contributed by atoms with Gasteiger partial charge in [0.25, 0.3) is 0 Å². The molecule has 0 fully saturated rings. The van der Waals surface area contributed by atoms with Crippen LogP contribution < -0.4 is 0 Å². The first-order valence-electron chi connectivity index (χ1n) is 8.05. The van der Waals surface area contributed by atoms with Crippen LogP contribution in [0.15, 0.2) is 78.9 Å².